The van der Waals surface area contributed by atoms with Crippen molar-refractivity contribution >= 4 is 17.9 Å². The smallest absolute Gasteiger partial charge is 0.338 e. The molecule has 0 saturated carbocycles. The lowest BCUT2D eigenvalue weighted by atomic mass is 9.97. The maximum Gasteiger partial charge on any atom is 0.338 e. The third-order valence-corrected chi connectivity index (χ3v) is 10.6. The minimum Gasteiger partial charge on any atom is -0.452 e. The lowest BCUT2D eigenvalue weighted by Gasteiger charge is -2.46. The molecule has 3 fully saturated rings. The summed E-state index contributed by atoms with van der Waals surface area (Å²) in [6.45, 7) is 0.273. The van der Waals surface area contributed by atoms with Gasteiger partial charge in [-0.25, -0.2) is 14.4 Å². The molecule has 0 amide bonds. The van der Waals surface area contributed by atoms with Gasteiger partial charge in [0, 0.05) is 19.1 Å². The van der Waals surface area contributed by atoms with Crippen LogP contribution in [0.5, 0.6) is 0 Å². The van der Waals surface area contributed by atoms with Crippen LogP contribution in [-0.4, -0.2) is 93.5 Å². The fourth-order valence-corrected chi connectivity index (χ4v) is 7.50. The van der Waals surface area contributed by atoms with Gasteiger partial charge in [-0.2, -0.15) is 0 Å². The highest BCUT2D eigenvalue weighted by atomic mass is 16.8. The Labute approximate surface area is 353 Å². The van der Waals surface area contributed by atoms with Gasteiger partial charge in [0.1, 0.15) is 18.3 Å². The van der Waals surface area contributed by atoms with Crippen molar-refractivity contribution in [3.63, 3.8) is 0 Å². The zero-order valence-corrected chi connectivity index (χ0v) is 33.3. The van der Waals surface area contributed by atoms with E-state index in [1.165, 1.54) is 7.11 Å². The average Bonchev–Trinajstić information content (AvgIpc) is 3.32. The molecule has 10 atom stereocenters. The molecule has 3 aliphatic rings. The maximum absolute atomic E-state index is 13.8. The number of hydrogen-bond acceptors (Lipinski definition) is 13. The molecule has 0 spiro atoms. The number of hydrogen-bond donors (Lipinski definition) is 0. The van der Waals surface area contributed by atoms with Crippen molar-refractivity contribution in [2.24, 2.45) is 0 Å². The van der Waals surface area contributed by atoms with Crippen molar-refractivity contribution in [3.8, 4) is 0 Å². The number of rotatable bonds is 14. The monoisotopic (exact) mass is 830 g/mol. The molecule has 0 aromatic heterocycles. The first-order valence-corrected chi connectivity index (χ1v) is 20.1. The standard InChI is InChI=1S/C48H46O13/c1-52-48-43(60-46(51)34-23-13-5-14-24-34)42(59-45(50)33-21-11-4-12-22-33)41(58-44(49)32-19-9-3-10-20-32)38(57-48)29-54-39-27-36(53-28-31-17-7-2-8-18-31)40-37(56-39)30-55-47(61-40)35-25-15-6-16-26-35/h2-26,36-43,47-48H,27-30H2,1H3/t36-,37-,38-,39-,40+,41-,42+,43+,47?,48+/m1/s1. The molecule has 61 heavy (non-hydrogen) atoms. The van der Waals surface area contributed by atoms with E-state index in [1.807, 2.05) is 60.7 Å². The topological polar surface area (TPSA) is 144 Å². The molecule has 0 N–H and O–H groups in total. The molecule has 3 saturated heterocycles. The van der Waals surface area contributed by atoms with Gasteiger partial charge in [0.2, 0.25) is 0 Å². The van der Waals surface area contributed by atoms with Crippen LogP contribution in [0.25, 0.3) is 0 Å². The van der Waals surface area contributed by atoms with Crippen LogP contribution in [0.1, 0.15) is 54.9 Å². The van der Waals surface area contributed by atoms with Crippen molar-refractivity contribution < 1.29 is 61.8 Å². The summed E-state index contributed by atoms with van der Waals surface area (Å²) in [6, 6.07) is 44.4. The first-order chi connectivity index (χ1) is 29.9. The van der Waals surface area contributed by atoms with Gasteiger partial charge < -0.3 is 47.4 Å². The number of benzene rings is 5. The summed E-state index contributed by atoms with van der Waals surface area (Å²) in [5.74, 6) is -2.23. The lowest BCUT2D eigenvalue weighted by Crippen LogP contribution is -2.63. The van der Waals surface area contributed by atoms with Gasteiger partial charge >= 0.3 is 17.9 Å². The number of fused-ring (bicyclic) bond motifs is 1. The number of methoxy groups -OCH3 is 1. The summed E-state index contributed by atoms with van der Waals surface area (Å²) >= 11 is 0. The van der Waals surface area contributed by atoms with Gasteiger partial charge in [0.05, 0.1) is 42.6 Å². The van der Waals surface area contributed by atoms with E-state index in [-0.39, 0.29) is 36.3 Å². The Morgan fingerprint density at radius 2 is 1.08 bits per heavy atom. The van der Waals surface area contributed by atoms with Crippen LogP contribution in [0.4, 0.5) is 0 Å². The van der Waals surface area contributed by atoms with E-state index in [0.29, 0.717) is 6.61 Å². The molecule has 5 aromatic carbocycles. The Kier molecular flexibility index (Phi) is 13.9. The summed E-state index contributed by atoms with van der Waals surface area (Å²) in [5, 5.41) is 0. The van der Waals surface area contributed by atoms with Gasteiger partial charge in [-0.15, -0.1) is 0 Å². The maximum atomic E-state index is 13.8. The van der Waals surface area contributed by atoms with E-state index in [9.17, 15) is 14.4 Å². The minimum absolute atomic E-state index is 0.199. The number of carbonyl (C=O) groups is 3. The van der Waals surface area contributed by atoms with Crippen molar-refractivity contribution in [1.29, 1.82) is 0 Å². The summed E-state index contributed by atoms with van der Waals surface area (Å²) < 4.78 is 62.6. The Morgan fingerprint density at radius 3 is 1.64 bits per heavy atom. The van der Waals surface area contributed by atoms with Gasteiger partial charge in [-0.1, -0.05) is 115 Å². The highest BCUT2D eigenvalue weighted by Crippen LogP contribution is 2.37. The zero-order valence-electron chi connectivity index (χ0n) is 33.3. The van der Waals surface area contributed by atoms with Crippen molar-refractivity contribution in [1.82, 2.24) is 0 Å². The van der Waals surface area contributed by atoms with Crippen LogP contribution >= 0.6 is 0 Å². The molecule has 0 radical (unpaired) electrons. The van der Waals surface area contributed by atoms with Crippen LogP contribution in [0.15, 0.2) is 152 Å². The summed E-state index contributed by atoms with van der Waals surface area (Å²) in [5.41, 5.74) is 2.53. The molecule has 316 valence electrons. The molecule has 5 aromatic rings. The molecule has 13 nitrogen and oxygen atoms in total. The average molecular weight is 831 g/mol. The lowest BCUT2D eigenvalue weighted by molar-refractivity contribution is -0.349. The van der Waals surface area contributed by atoms with Crippen molar-refractivity contribution in [2.45, 2.75) is 74.6 Å². The van der Waals surface area contributed by atoms with Crippen molar-refractivity contribution in [3.05, 3.63) is 179 Å². The molecule has 3 heterocycles. The van der Waals surface area contributed by atoms with Gasteiger partial charge in [-0.05, 0) is 42.0 Å². The number of esters is 3. The van der Waals surface area contributed by atoms with Crippen LogP contribution < -0.4 is 0 Å². The molecule has 0 aliphatic carbocycles. The predicted octanol–water partition coefficient (Wildman–Crippen LogP) is 6.87. The first kappa shape index (κ1) is 41.9. The SMILES string of the molecule is CO[C@H]1O[C@H](CO[C@H]2C[C@@H](OCc3ccccc3)[C@@H]3OC(c4ccccc4)OC[C@H]3O2)[C@@H](OC(=O)c2ccccc2)[C@H](OC(=O)c2ccccc2)[C@@H]1OC(=O)c1ccccc1. The first-order valence-electron chi connectivity index (χ1n) is 20.1. The van der Waals surface area contributed by atoms with Crippen molar-refractivity contribution in [2.75, 3.05) is 20.3 Å². The molecular weight excluding hydrogens is 785 g/mol. The molecule has 13 heteroatoms. The largest absolute Gasteiger partial charge is 0.452 e. The van der Waals surface area contributed by atoms with Gasteiger partial charge in [0.25, 0.3) is 0 Å². The van der Waals surface area contributed by atoms with E-state index in [1.54, 1.807) is 91.0 Å². The Bertz CT molecular complexity index is 2160. The zero-order chi connectivity index (χ0) is 42.0. The quantitative estimate of drug-likeness (QED) is 0.0850. The van der Waals surface area contributed by atoms with Crippen LogP contribution in [0.3, 0.4) is 0 Å². The molecule has 3 aliphatic heterocycles. The Balaban J connectivity index is 1.06. The van der Waals surface area contributed by atoms with E-state index in [4.69, 9.17) is 47.4 Å². The van der Waals surface area contributed by atoms with E-state index in [0.717, 1.165) is 11.1 Å². The second kappa shape index (κ2) is 20.2. The fraction of sp³-hybridized carbons (Fsp3) is 0.312. The normalized spacial score (nSPS) is 27.2. The van der Waals surface area contributed by atoms with Crippen LogP contribution in [0.2, 0.25) is 0 Å². The Hall–Kier alpha value is -5.77. The molecular formula is C48H46O13. The van der Waals surface area contributed by atoms with Crippen LogP contribution in [-0.2, 0) is 54.0 Å². The second-order valence-corrected chi connectivity index (χ2v) is 14.7. The summed E-state index contributed by atoms with van der Waals surface area (Å²) in [4.78, 5) is 41.2. The summed E-state index contributed by atoms with van der Waals surface area (Å²) in [7, 11) is 1.36. The third kappa shape index (κ3) is 10.4. The second-order valence-electron chi connectivity index (χ2n) is 14.7. The van der Waals surface area contributed by atoms with Gasteiger partial charge in [-0.3, -0.25) is 0 Å². The minimum atomic E-state index is -1.44. The highest BCUT2D eigenvalue weighted by molar-refractivity contribution is 5.91. The number of ether oxygens (including phenoxy) is 10. The highest BCUT2D eigenvalue weighted by Gasteiger charge is 2.54. The van der Waals surface area contributed by atoms with Gasteiger partial charge in [0.15, 0.2) is 37.2 Å². The molecule has 8 rings (SSSR count). The van der Waals surface area contributed by atoms with E-state index < -0.39 is 79.5 Å². The predicted molar refractivity (Wildman–Crippen MR) is 217 cm³/mol. The Morgan fingerprint density at radius 1 is 0.574 bits per heavy atom. The molecule has 1 unspecified atom stereocenters. The summed E-state index contributed by atoms with van der Waals surface area (Å²) in [6.07, 6.45) is -9.40. The molecule has 0 bridgehead atoms. The fourth-order valence-electron chi connectivity index (χ4n) is 7.50. The number of carbonyl (C=O) groups excluding carboxylic acids is 3. The van der Waals surface area contributed by atoms with E-state index in [2.05, 4.69) is 0 Å². The van der Waals surface area contributed by atoms with Crippen LogP contribution in [0, 0.1) is 0 Å². The third-order valence-electron chi connectivity index (χ3n) is 10.6. The van der Waals surface area contributed by atoms with E-state index >= 15 is 0 Å².